The molecule has 0 aromatic heterocycles. The second-order valence-electron chi connectivity index (χ2n) is 6.68. The summed E-state index contributed by atoms with van der Waals surface area (Å²) < 4.78 is 0. The second-order valence-corrected chi connectivity index (χ2v) is 6.68. The molecule has 0 heterocycles. The molecule has 180 valence electrons. The molecule has 0 atom stereocenters. The summed E-state index contributed by atoms with van der Waals surface area (Å²) in [6, 6.07) is 17.4. The zero-order valence-electron chi connectivity index (χ0n) is 20.3. The molecule has 33 heavy (non-hydrogen) atoms. The van der Waals surface area contributed by atoms with Gasteiger partial charge in [-0.2, -0.15) is 12.8 Å². The fourth-order valence-corrected chi connectivity index (χ4v) is 1.74. The predicted molar refractivity (Wildman–Crippen MR) is 136 cm³/mol. The Balaban J connectivity index is -0.000000405. The van der Waals surface area contributed by atoms with Crippen LogP contribution in [-0.2, 0) is 9.59 Å². The third kappa shape index (κ3) is 22.6. The Bertz CT molecular complexity index is 724. The molecular formula is C28H36O4Sn-4. The van der Waals surface area contributed by atoms with Crippen molar-refractivity contribution in [1.29, 1.82) is 0 Å². The van der Waals surface area contributed by atoms with Gasteiger partial charge in [0.15, 0.2) is 11.6 Å². The monoisotopic (exact) mass is 556 g/mol. The van der Waals surface area contributed by atoms with Crippen molar-refractivity contribution in [2.45, 2.75) is 53.4 Å². The van der Waals surface area contributed by atoms with Gasteiger partial charge >= 0.3 is 0 Å². The van der Waals surface area contributed by atoms with Crippen molar-refractivity contribution < 1.29 is 19.8 Å². The molecule has 4 nitrogen and oxygen atoms in total. The number of benzene rings is 2. The van der Waals surface area contributed by atoms with Crippen LogP contribution in [0.15, 0.2) is 72.8 Å². The zero-order valence-corrected chi connectivity index (χ0v) is 23.2. The van der Waals surface area contributed by atoms with E-state index in [9.17, 15) is 19.8 Å². The summed E-state index contributed by atoms with van der Waals surface area (Å²) in [6.45, 7) is 14.2. The van der Waals surface area contributed by atoms with Gasteiger partial charge in [-0.05, 0) is 37.1 Å². The summed E-state index contributed by atoms with van der Waals surface area (Å²) in [5.41, 5.74) is 1.10. The molecule has 4 radical (unpaired) electrons. The van der Waals surface area contributed by atoms with Crippen molar-refractivity contribution in [3.05, 3.63) is 97.8 Å². The van der Waals surface area contributed by atoms with Crippen LogP contribution in [0.25, 0.3) is 11.5 Å². The standard InChI is InChI=1S/2C10H10O2.2C4H9.Sn/c2*1-8(11)7-10(12)9-5-3-2-4-6-9;2*1-3-4-2;/h2*2-7,12H,1H3;2*1,3-4H2,2H3;/q;;2*-1;/p-2/b2*10-7-;;;. The fraction of sp³-hybridized carbons (Fsp3) is 0.286. The van der Waals surface area contributed by atoms with E-state index < -0.39 is 0 Å². The van der Waals surface area contributed by atoms with Crippen LogP contribution in [0.2, 0.25) is 0 Å². The van der Waals surface area contributed by atoms with E-state index in [1.54, 1.807) is 48.5 Å². The van der Waals surface area contributed by atoms with Gasteiger partial charge in [0.25, 0.3) is 0 Å². The minimum Gasteiger partial charge on any atom is -0.872 e. The number of carbonyl (C=O) groups excluding carboxylic acids is 2. The summed E-state index contributed by atoms with van der Waals surface area (Å²) >= 11 is 0. The fourth-order valence-electron chi connectivity index (χ4n) is 1.74. The molecular weight excluding hydrogens is 519 g/mol. The Labute approximate surface area is 217 Å². The van der Waals surface area contributed by atoms with Crippen molar-refractivity contribution in [2.75, 3.05) is 0 Å². The molecule has 0 unspecified atom stereocenters. The Hall–Kier alpha value is -2.34. The third-order valence-electron chi connectivity index (χ3n) is 3.49. The maximum atomic E-state index is 11.2. The predicted octanol–water partition coefficient (Wildman–Crippen LogP) is 4.81. The zero-order chi connectivity index (χ0) is 24.8. The number of carbonyl (C=O) groups is 2. The SMILES string of the molecule is CC(=O)/C=C(\[O-])c1ccccc1.CC(=O)/C=C(\[O-])c1ccccc1.[CH2-]CCC.[CH2-]CCC.[Sn]. The number of rotatable bonds is 6. The summed E-state index contributed by atoms with van der Waals surface area (Å²) in [4.78, 5) is 21.1. The Morgan fingerprint density at radius 2 is 0.939 bits per heavy atom. The molecule has 0 aliphatic heterocycles. The topological polar surface area (TPSA) is 80.3 Å². The molecule has 5 heteroatoms. The largest absolute Gasteiger partial charge is 0.872 e. The van der Waals surface area contributed by atoms with Gasteiger partial charge in [-0.15, -0.1) is 0 Å². The minimum absolute atomic E-state index is 0. The van der Waals surface area contributed by atoms with Crippen molar-refractivity contribution in [1.82, 2.24) is 0 Å². The first-order valence-electron chi connectivity index (χ1n) is 10.7. The Morgan fingerprint density at radius 3 is 1.12 bits per heavy atom. The number of ketones is 2. The Morgan fingerprint density at radius 1 is 0.697 bits per heavy atom. The normalized spacial score (nSPS) is 10.0. The molecule has 2 aromatic rings. The number of hydrogen-bond donors (Lipinski definition) is 0. The van der Waals surface area contributed by atoms with E-state index >= 15 is 0 Å². The number of hydrogen-bond acceptors (Lipinski definition) is 4. The first kappa shape index (κ1) is 35.3. The van der Waals surface area contributed by atoms with Gasteiger partial charge in [0.05, 0.1) is 0 Å². The van der Waals surface area contributed by atoms with Crippen LogP contribution in [0.1, 0.15) is 64.5 Å². The average molecular weight is 555 g/mol. The number of allylic oxidation sites excluding steroid dienone is 2. The summed E-state index contributed by atoms with van der Waals surface area (Å²) in [5.74, 6) is -0.904. The van der Waals surface area contributed by atoms with Crippen molar-refractivity contribution in [2.24, 2.45) is 0 Å². The summed E-state index contributed by atoms with van der Waals surface area (Å²) in [6.07, 6.45) is 6.74. The van der Waals surface area contributed by atoms with E-state index in [2.05, 4.69) is 27.7 Å². The van der Waals surface area contributed by atoms with Crippen molar-refractivity contribution in [3.8, 4) is 0 Å². The van der Waals surface area contributed by atoms with E-state index in [1.807, 2.05) is 12.1 Å². The van der Waals surface area contributed by atoms with Crippen LogP contribution < -0.4 is 10.2 Å². The maximum absolute atomic E-state index is 11.2. The minimum atomic E-state index is -0.233. The van der Waals surface area contributed by atoms with E-state index in [-0.39, 0.29) is 47.0 Å². The van der Waals surface area contributed by atoms with Crippen molar-refractivity contribution in [3.63, 3.8) is 0 Å². The van der Waals surface area contributed by atoms with Gasteiger partial charge in [0, 0.05) is 23.9 Å². The van der Waals surface area contributed by atoms with Crippen LogP contribution in [0, 0.1) is 13.8 Å². The molecule has 0 bridgehead atoms. The smallest absolute Gasteiger partial charge is 0.152 e. The quantitative estimate of drug-likeness (QED) is 0.222. The Kier molecular flexibility index (Phi) is 26.0. The molecule has 0 saturated heterocycles. The van der Waals surface area contributed by atoms with Gasteiger partial charge < -0.3 is 24.1 Å². The summed E-state index contributed by atoms with van der Waals surface area (Å²) in [5, 5.41) is 22.4. The maximum Gasteiger partial charge on any atom is 0.152 e. The first-order valence-corrected chi connectivity index (χ1v) is 10.7. The summed E-state index contributed by atoms with van der Waals surface area (Å²) in [7, 11) is 0. The van der Waals surface area contributed by atoms with Gasteiger partial charge in [0.1, 0.15) is 0 Å². The van der Waals surface area contributed by atoms with Gasteiger partial charge in [-0.25, -0.2) is 0 Å². The van der Waals surface area contributed by atoms with E-state index in [4.69, 9.17) is 0 Å². The first-order chi connectivity index (χ1) is 15.2. The molecule has 0 spiro atoms. The molecule has 0 N–H and O–H groups in total. The van der Waals surface area contributed by atoms with E-state index in [0.29, 0.717) is 11.1 Å². The van der Waals surface area contributed by atoms with Crippen LogP contribution >= 0.6 is 0 Å². The van der Waals surface area contributed by atoms with Gasteiger partial charge in [-0.1, -0.05) is 98.9 Å². The molecule has 0 aliphatic carbocycles. The molecule has 0 fully saturated rings. The third-order valence-corrected chi connectivity index (χ3v) is 3.49. The van der Waals surface area contributed by atoms with Crippen LogP contribution in [0.4, 0.5) is 0 Å². The van der Waals surface area contributed by atoms with E-state index in [0.717, 1.165) is 25.0 Å². The van der Waals surface area contributed by atoms with Crippen LogP contribution in [-0.4, -0.2) is 35.5 Å². The van der Waals surface area contributed by atoms with Crippen LogP contribution in [0.5, 0.6) is 0 Å². The molecule has 2 rings (SSSR count). The van der Waals surface area contributed by atoms with Gasteiger partial charge in [-0.3, -0.25) is 9.59 Å². The molecule has 2 aromatic carbocycles. The molecule has 0 aliphatic rings. The number of unbranched alkanes of at least 4 members (excludes halogenated alkanes) is 2. The van der Waals surface area contributed by atoms with Crippen molar-refractivity contribution >= 4 is 47.0 Å². The van der Waals surface area contributed by atoms with Gasteiger partial charge in [0.2, 0.25) is 0 Å². The molecule has 0 amide bonds. The van der Waals surface area contributed by atoms with Crippen LogP contribution in [0.3, 0.4) is 0 Å². The van der Waals surface area contributed by atoms with E-state index in [1.165, 1.54) is 26.7 Å². The molecule has 0 saturated carbocycles. The second kappa shape index (κ2) is 24.3. The average Bonchev–Trinajstić information content (AvgIpc) is 2.80.